The molecule has 6 nitrogen and oxygen atoms in total. The van der Waals surface area contributed by atoms with E-state index in [-0.39, 0.29) is 18.2 Å². The van der Waals surface area contributed by atoms with E-state index in [0.717, 1.165) is 0 Å². The molecule has 1 rings (SSSR count). The van der Waals surface area contributed by atoms with Crippen LogP contribution in [0.4, 0.5) is 4.79 Å². The Hall–Kier alpha value is -1.30. The van der Waals surface area contributed by atoms with E-state index in [9.17, 15) is 9.59 Å². The number of hydrogen-bond donors (Lipinski definition) is 1. The van der Waals surface area contributed by atoms with Crippen LogP contribution in [-0.2, 0) is 9.53 Å². The van der Waals surface area contributed by atoms with Gasteiger partial charge in [0.05, 0.1) is 18.6 Å². The number of rotatable bonds is 5. The zero-order chi connectivity index (χ0) is 14.6. The topological polar surface area (TPSA) is 70.1 Å². The molecule has 0 aromatic rings. The molecule has 110 valence electrons. The fraction of sp³-hybridized carbons (Fsp3) is 0.846. The van der Waals surface area contributed by atoms with E-state index in [0.29, 0.717) is 26.1 Å². The molecule has 0 radical (unpaired) electrons. The molecule has 0 aliphatic carbocycles. The van der Waals surface area contributed by atoms with Crippen LogP contribution in [0.1, 0.15) is 27.2 Å². The zero-order valence-corrected chi connectivity index (χ0v) is 12.1. The molecule has 2 atom stereocenters. The van der Waals surface area contributed by atoms with E-state index in [1.165, 1.54) is 0 Å². The van der Waals surface area contributed by atoms with Crippen LogP contribution in [0.5, 0.6) is 0 Å². The summed E-state index contributed by atoms with van der Waals surface area (Å²) in [5.74, 6) is -1.28. The van der Waals surface area contributed by atoms with E-state index in [1.807, 2.05) is 13.8 Å². The quantitative estimate of drug-likeness (QED) is 0.818. The van der Waals surface area contributed by atoms with Crippen molar-refractivity contribution < 1.29 is 19.4 Å². The lowest BCUT2D eigenvalue weighted by Crippen LogP contribution is -2.45. The van der Waals surface area contributed by atoms with Gasteiger partial charge in [0.15, 0.2) is 0 Å². The summed E-state index contributed by atoms with van der Waals surface area (Å²) < 4.78 is 5.40. The summed E-state index contributed by atoms with van der Waals surface area (Å²) in [6.45, 7) is 7.20. The van der Waals surface area contributed by atoms with Crippen LogP contribution in [-0.4, -0.2) is 65.8 Å². The van der Waals surface area contributed by atoms with Gasteiger partial charge in [0.2, 0.25) is 0 Å². The highest BCUT2D eigenvalue weighted by Gasteiger charge is 2.38. The van der Waals surface area contributed by atoms with E-state index >= 15 is 0 Å². The summed E-state index contributed by atoms with van der Waals surface area (Å²) in [5, 5.41) is 9.05. The van der Waals surface area contributed by atoms with Crippen molar-refractivity contribution in [2.45, 2.75) is 39.3 Å². The summed E-state index contributed by atoms with van der Waals surface area (Å²) in [5.41, 5.74) is 0. The molecule has 19 heavy (non-hydrogen) atoms. The van der Waals surface area contributed by atoms with Crippen LogP contribution in [0.25, 0.3) is 0 Å². The highest BCUT2D eigenvalue weighted by Crippen LogP contribution is 2.25. The third-order valence-corrected chi connectivity index (χ3v) is 3.52. The maximum Gasteiger partial charge on any atom is 0.320 e. The fourth-order valence-corrected chi connectivity index (χ4v) is 2.28. The minimum Gasteiger partial charge on any atom is -0.481 e. The van der Waals surface area contributed by atoms with Gasteiger partial charge in [-0.3, -0.25) is 4.79 Å². The number of carboxylic acid groups (broad SMARTS) is 1. The first-order valence-corrected chi connectivity index (χ1v) is 6.70. The SMILES string of the molecule is CC(C)OCCN(C)C(=O)N1CCC(C(=O)O)C1C. The first kappa shape index (κ1) is 15.8. The second-order valence-corrected chi connectivity index (χ2v) is 5.29. The largest absolute Gasteiger partial charge is 0.481 e. The van der Waals surface area contributed by atoms with Crippen molar-refractivity contribution in [1.82, 2.24) is 9.80 Å². The summed E-state index contributed by atoms with van der Waals surface area (Å²) in [6.07, 6.45) is 0.670. The lowest BCUT2D eigenvalue weighted by atomic mass is 10.0. The monoisotopic (exact) mass is 272 g/mol. The Morgan fingerprint density at radius 2 is 2.11 bits per heavy atom. The second kappa shape index (κ2) is 6.75. The number of likely N-dealkylation sites (N-methyl/N-ethyl adjacent to an activating group) is 1. The Labute approximate surface area is 114 Å². The number of nitrogens with zero attached hydrogens (tertiary/aromatic N) is 2. The van der Waals surface area contributed by atoms with Gasteiger partial charge in [-0.25, -0.2) is 4.79 Å². The number of carboxylic acids is 1. The lowest BCUT2D eigenvalue weighted by molar-refractivity contribution is -0.142. The van der Waals surface area contributed by atoms with Crippen molar-refractivity contribution in [2.24, 2.45) is 5.92 Å². The van der Waals surface area contributed by atoms with E-state index in [1.54, 1.807) is 23.8 Å². The number of hydrogen-bond acceptors (Lipinski definition) is 3. The number of likely N-dealkylation sites (tertiary alicyclic amines) is 1. The fourth-order valence-electron chi connectivity index (χ4n) is 2.28. The van der Waals surface area contributed by atoms with Crippen LogP contribution >= 0.6 is 0 Å². The third kappa shape index (κ3) is 4.09. The van der Waals surface area contributed by atoms with Gasteiger partial charge < -0.3 is 19.6 Å². The van der Waals surface area contributed by atoms with Gasteiger partial charge in [-0.05, 0) is 27.2 Å². The number of ether oxygens (including phenoxy) is 1. The Bertz CT molecular complexity index is 333. The average molecular weight is 272 g/mol. The second-order valence-electron chi connectivity index (χ2n) is 5.29. The number of aliphatic carboxylic acids is 1. The van der Waals surface area contributed by atoms with Gasteiger partial charge >= 0.3 is 12.0 Å². The van der Waals surface area contributed by atoms with Crippen LogP contribution < -0.4 is 0 Å². The molecule has 1 aliphatic heterocycles. The molecule has 1 N–H and O–H groups in total. The van der Waals surface area contributed by atoms with Crippen molar-refractivity contribution in [3.05, 3.63) is 0 Å². The summed E-state index contributed by atoms with van der Waals surface area (Å²) in [6, 6.07) is -0.373. The Morgan fingerprint density at radius 1 is 1.47 bits per heavy atom. The van der Waals surface area contributed by atoms with Crippen LogP contribution in [0.2, 0.25) is 0 Å². The summed E-state index contributed by atoms with van der Waals surface area (Å²) in [7, 11) is 1.72. The molecule has 0 spiro atoms. The molecule has 1 saturated heterocycles. The average Bonchev–Trinajstić information content (AvgIpc) is 2.69. The van der Waals surface area contributed by atoms with Crippen molar-refractivity contribution in [3.8, 4) is 0 Å². The van der Waals surface area contributed by atoms with Gasteiger partial charge in [0, 0.05) is 26.2 Å². The number of carbonyl (C=O) groups is 2. The number of carbonyl (C=O) groups excluding carboxylic acids is 1. The molecule has 6 heteroatoms. The van der Waals surface area contributed by atoms with E-state index < -0.39 is 11.9 Å². The summed E-state index contributed by atoms with van der Waals surface area (Å²) >= 11 is 0. The van der Waals surface area contributed by atoms with Crippen molar-refractivity contribution >= 4 is 12.0 Å². The van der Waals surface area contributed by atoms with E-state index in [4.69, 9.17) is 9.84 Å². The van der Waals surface area contributed by atoms with Gasteiger partial charge in [0.1, 0.15) is 0 Å². The molecule has 0 aromatic heterocycles. The molecule has 1 heterocycles. The number of amides is 2. The molecule has 1 aliphatic rings. The van der Waals surface area contributed by atoms with E-state index in [2.05, 4.69) is 0 Å². The number of urea groups is 1. The van der Waals surface area contributed by atoms with Gasteiger partial charge in [-0.15, -0.1) is 0 Å². The zero-order valence-electron chi connectivity index (χ0n) is 12.1. The van der Waals surface area contributed by atoms with Gasteiger partial charge in [0.25, 0.3) is 0 Å². The predicted molar refractivity (Wildman–Crippen MR) is 71.0 cm³/mol. The predicted octanol–water partition coefficient (Wildman–Crippen LogP) is 1.26. The third-order valence-electron chi connectivity index (χ3n) is 3.52. The van der Waals surface area contributed by atoms with Crippen molar-refractivity contribution in [3.63, 3.8) is 0 Å². The van der Waals surface area contributed by atoms with Crippen molar-refractivity contribution in [1.29, 1.82) is 0 Å². The molecule has 0 bridgehead atoms. The highest BCUT2D eigenvalue weighted by molar-refractivity contribution is 5.78. The maximum atomic E-state index is 12.2. The standard InChI is InChI=1S/C13H24N2O4/c1-9(2)19-8-7-14(4)13(18)15-6-5-11(10(15)3)12(16)17/h9-11H,5-8H2,1-4H3,(H,16,17). The maximum absolute atomic E-state index is 12.2. The molecule has 0 aromatic carbocycles. The normalized spacial score (nSPS) is 22.9. The molecular formula is C13H24N2O4. The molecule has 0 saturated carbocycles. The molecule has 2 amide bonds. The van der Waals surface area contributed by atoms with Crippen molar-refractivity contribution in [2.75, 3.05) is 26.7 Å². The highest BCUT2D eigenvalue weighted by atomic mass is 16.5. The van der Waals surface area contributed by atoms with Crippen LogP contribution in [0, 0.1) is 5.92 Å². The Kier molecular flexibility index (Phi) is 5.60. The van der Waals surface area contributed by atoms with Crippen LogP contribution in [0.3, 0.4) is 0 Å². The van der Waals surface area contributed by atoms with Gasteiger partial charge in [-0.1, -0.05) is 0 Å². The minimum atomic E-state index is -0.825. The molecule has 2 unspecified atom stereocenters. The Morgan fingerprint density at radius 3 is 2.58 bits per heavy atom. The summed E-state index contributed by atoms with van der Waals surface area (Å²) in [4.78, 5) is 26.4. The molecular weight excluding hydrogens is 248 g/mol. The van der Waals surface area contributed by atoms with Gasteiger partial charge in [-0.2, -0.15) is 0 Å². The minimum absolute atomic E-state index is 0.122. The molecule has 1 fully saturated rings. The first-order chi connectivity index (χ1) is 8.84. The first-order valence-electron chi connectivity index (χ1n) is 6.70. The lowest BCUT2D eigenvalue weighted by Gasteiger charge is -2.28. The Balaban J connectivity index is 2.47. The smallest absolute Gasteiger partial charge is 0.320 e. The van der Waals surface area contributed by atoms with Crippen LogP contribution in [0.15, 0.2) is 0 Å².